The van der Waals surface area contributed by atoms with Crippen LogP contribution >= 0.6 is 22.6 Å². The van der Waals surface area contributed by atoms with Gasteiger partial charge < -0.3 is 24.5 Å². The summed E-state index contributed by atoms with van der Waals surface area (Å²) in [7, 11) is 1.52. The summed E-state index contributed by atoms with van der Waals surface area (Å²) < 4.78 is 11.1. The Morgan fingerprint density at radius 2 is 2.11 bits per heavy atom. The van der Waals surface area contributed by atoms with Crippen LogP contribution in [0.4, 0.5) is 0 Å². The Hall–Kier alpha value is -1.77. The summed E-state index contributed by atoms with van der Waals surface area (Å²) in [6.45, 7) is 5.71. The minimum atomic E-state index is -0.931. The third-order valence-electron chi connectivity index (χ3n) is 4.43. The lowest BCUT2D eigenvalue weighted by molar-refractivity contribution is 0.0208. The first-order valence-corrected chi connectivity index (χ1v) is 9.71. The molecule has 0 amide bonds. The number of methoxy groups -OCH3 is 1. The van der Waals surface area contributed by atoms with Crippen LogP contribution in [0.5, 0.6) is 11.5 Å². The van der Waals surface area contributed by atoms with Crippen molar-refractivity contribution in [2.24, 2.45) is 5.92 Å². The van der Waals surface area contributed by atoms with Gasteiger partial charge in [0, 0.05) is 5.92 Å². The number of rotatable bonds is 9. The fourth-order valence-corrected chi connectivity index (χ4v) is 3.53. The highest BCUT2D eigenvalue weighted by Gasteiger charge is 2.27. The summed E-state index contributed by atoms with van der Waals surface area (Å²) in [4.78, 5) is 0. The van der Waals surface area contributed by atoms with Gasteiger partial charge in [-0.15, -0.1) is 6.58 Å². The number of halogens is 1. The lowest BCUT2D eigenvalue weighted by Gasteiger charge is -2.23. The van der Waals surface area contributed by atoms with Crippen LogP contribution in [-0.4, -0.2) is 28.5 Å². The van der Waals surface area contributed by atoms with Crippen LogP contribution in [0.1, 0.15) is 37.2 Å². The van der Waals surface area contributed by atoms with Crippen molar-refractivity contribution >= 4 is 28.7 Å². The molecule has 1 aromatic carbocycles. The molecule has 146 valence electrons. The maximum absolute atomic E-state index is 10.5. The zero-order valence-corrected chi connectivity index (χ0v) is 17.6. The molecule has 6 heteroatoms. The van der Waals surface area contributed by atoms with Gasteiger partial charge in [-0.1, -0.05) is 17.7 Å². The van der Waals surface area contributed by atoms with Gasteiger partial charge in [-0.05, 0) is 72.2 Å². The molecule has 0 saturated carbocycles. The standard InChI is InChI=1S/C21H25IO5/c1-4-15(20(24)18-6-5-9-27-18)17(23)8-7-13(2)10-14-11-16(22)21(25)19(12-14)26-3/h4-6,9-12,15,17,20,23-25H,1,7-8H2,2-3H3/b13-10+/t15-,17-,20+/m1/s1. The third kappa shape index (κ3) is 5.60. The predicted octanol–water partition coefficient (Wildman–Crippen LogP) is 4.68. The van der Waals surface area contributed by atoms with Gasteiger partial charge in [0.25, 0.3) is 0 Å². The Labute approximate surface area is 173 Å². The van der Waals surface area contributed by atoms with E-state index in [0.29, 0.717) is 27.9 Å². The van der Waals surface area contributed by atoms with Crippen LogP contribution in [0.15, 0.2) is 53.2 Å². The number of allylic oxidation sites excluding steroid dienone is 1. The highest BCUT2D eigenvalue weighted by molar-refractivity contribution is 14.1. The average Bonchev–Trinajstić information content (AvgIpc) is 3.18. The van der Waals surface area contributed by atoms with Crippen molar-refractivity contribution in [1.29, 1.82) is 0 Å². The summed E-state index contributed by atoms with van der Waals surface area (Å²) in [6.07, 6.45) is 4.48. The van der Waals surface area contributed by atoms with E-state index in [0.717, 1.165) is 11.1 Å². The number of aliphatic hydroxyl groups excluding tert-OH is 2. The van der Waals surface area contributed by atoms with Crippen LogP contribution < -0.4 is 4.74 Å². The van der Waals surface area contributed by atoms with Crippen molar-refractivity contribution in [3.8, 4) is 11.5 Å². The maximum atomic E-state index is 10.5. The molecule has 0 aliphatic heterocycles. The number of hydrogen-bond acceptors (Lipinski definition) is 5. The van der Waals surface area contributed by atoms with Gasteiger partial charge in [-0.2, -0.15) is 0 Å². The van der Waals surface area contributed by atoms with Crippen LogP contribution in [0.25, 0.3) is 6.08 Å². The molecule has 5 nitrogen and oxygen atoms in total. The van der Waals surface area contributed by atoms with Crippen molar-refractivity contribution in [3.05, 3.63) is 63.7 Å². The number of hydrogen-bond donors (Lipinski definition) is 3. The molecular formula is C21H25IO5. The molecule has 2 aromatic rings. The monoisotopic (exact) mass is 484 g/mol. The van der Waals surface area contributed by atoms with Crippen LogP contribution in [0.3, 0.4) is 0 Å². The van der Waals surface area contributed by atoms with Gasteiger partial charge in [-0.3, -0.25) is 0 Å². The molecule has 0 radical (unpaired) electrons. The number of benzene rings is 1. The molecule has 1 heterocycles. The van der Waals surface area contributed by atoms with E-state index in [1.54, 1.807) is 24.3 Å². The molecular weight excluding hydrogens is 459 g/mol. The maximum Gasteiger partial charge on any atom is 0.171 e. The zero-order chi connectivity index (χ0) is 20.0. The number of phenols is 1. The van der Waals surface area contributed by atoms with Gasteiger partial charge >= 0.3 is 0 Å². The Morgan fingerprint density at radius 3 is 2.70 bits per heavy atom. The third-order valence-corrected chi connectivity index (χ3v) is 5.26. The molecule has 3 N–H and O–H groups in total. The van der Waals surface area contributed by atoms with E-state index >= 15 is 0 Å². The summed E-state index contributed by atoms with van der Waals surface area (Å²) in [5.41, 5.74) is 1.98. The number of ether oxygens (including phenoxy) is 1. The van der Waals surface area contributed by atoms with E-state index in [1.807, 2.05) is 19.1 Å². The Kier molecular flexibility index (Phi) is 7.94. The molecule has 0 unspecified atom stereocenters. The molecule has 0 bridgehead atoms. The van der Waals surface area contributed by atoms with Gasteiger partial charge in [0.15, 0.2) is 11.5 Å². The van der Waals surface area contributed by atoms with E-state index < -0.39 is 18.1 Å². The average molecular weight is 484 g/mol. The molecule has 0 spiro atoms. The number of furan rings is 1. The second-order valence-corrected chi connectivity index (χ2v) is 7.59. The van der Waals surface area contributed by atoms with Crippen LogP contribution in [0.2, 0.25) is 0 Å². The second-order valence-electron chi connectivity index (χ2n) is 6.42. The van der Waals surface area contributed by atoms with Crippen molar-refractivity contribution in [2.75, 3.05) is 7.11 Å². The SMILES string of the molecule is C=C[C@H]([C@H](O)CC/C(C)=C/c1cc(I)c(O)c(OC)c1)[C@H](O)c1ccco1. The minimum absolute atomic E-state index is 0.129. The fraction of sp³-hybridized carbons (Fsp3) is 0.333. The molecule has 0 aliphatic rings. The molecule has 0 aliphatic carbocycles. The van der Waals surface area contributed by atoms with E-state index in [1.165, 1.54) is 13.4 Å². The summed E-state index contributed by atoms with van der Waals surface area (Å²) in [5.74, 6) is 0.453. The van der Waals surface area contributed by atoms with Gasteiger partial charge in [-0.25, -0.2) is 0 Å². The number of aliphatic hydroxyl groups is 2. The number of phenolic OH excluding ortho intramolecular Hbond substituents is 1. The molecule has 27 heavy (non-hydrogen) atoms. The Balaban J connectivity index is 2.03. The van der Waals surface area contributed by atoms with Gasteiger partial charge in [0.05, 0.1) is 23.0 Å². The van der Waals surface area contributed by atoms with Gasteiger partial charge in [0.1, 0.15) is 11.9 Å². The second kappa shape index (κ2) is 9.96. The fourth-order valence-electron chi connectivity index (χ4n) is 2.90. The summed E-state index contributed by atoms with van der Waals surface area (Å²) >= 11 is 2.06. The first-order chi connectivity index (χ1) is 12.9. The van der Waals surface area contributed by atoms with Crippen LogP contribution in [-0.2, 0) is 0 Å². The van der Waals surface area contributed by atoms with Crippen LogP contribution in [0, 0.1) is 9.49 Å². The highest BCUT2D eigenvalue weighted by atomic mass is 127. The quantitative estimate of drug-likeness (QED) is 0.356. The number of aromatic hydroxyl groups is 1. The normalized spacial score (nSPS) is 15.2. The first kappa shape index (κ1) is 21.5. The molecule has 2 rings (SSSR count). The van der Waals surface area contributed by atoms with E-state index in [2.05, 4.69) is 29.2 Å². The predicted molar refractivity (Wildman–Crippen MR) is 114 cm³/mol. The lowest BCUT2D eigenvalue weighted by Crippen LogP contribution is -2.24. The minimum Gasteiger partial charge on any atom is -0.504 e. The van der Waals surface area contributed by atoms with E-state index in [9.17, 15) is 15.3 Å². The largest absolute Gasteiger partial charge is 0.504 e. The Morgan fingerprint density at radius 1 is 1.37 bits per heavy atom. The van der Waals surface area contributed by atoms with Crippen molar-refractivity contribution in [3.63, 3.8) is 0 Å². The molecule has 0 saturated heterocycles. The summed E-state index contributed by atoms with van der Waals surface area (Å²) in [6, 6.07) is 7.01. The smallest absolute Gasteiger partial charge is 0.171 e. The summed E-state index contributed by atoms with van der Waals surface area (Å²) in [5, 5.41) is 30.8. The Bertz CT molecular complexity index is 782. The van der Waals surface area contributed by atoms with Crippen molar-refractivity contribution in [2.45, 2.75) is 32.0 Å². The van der Waals surface area contributed by atoms with Crippen molar-refractivity contribution in [1.82, 2.24) is 0 Å². The molecule has 0 fully saturated rings. The van der Waals surface area contributed by atoms with E-state index in [-0.39, 0.29) is 5.75 Å². The first-order valence-electron chi connectivity index (χ1n) is 8.63. The van der Waals surface area contributed by atoms with E-state index in [4.69, 9.17) is 9.15 Å². The lowest BCUT2D eigenvalue weighted by atomic mass is 9.90. The highest BCUT2D eigenvalue weighted by Crippen LogP contribution is 2.33. The van der Waals surface area contributed by atoms with Gasteiger partial charge in [0.2, 0.25) is 0 Å². The molecule has 1 aromatic heterocycles. The zero-order valence-electron chi connectivity index (χ0n) is 15.4. The molecule has 3 atom stereocenters. The topological polar surface area (TPSA) is 83.1 Å². The van der Waals surface area contributed by atoms with Crippen molar-refractivity contribution < 1.29 is 24.5 Å².